The number of nitro groups is 1. The molecule has 0 radical (unpaired) electrons. The first-order valence-corrected chi connectivity index (χ1v) is 7.21. The third-order valence-electron chi connectivity index (χ3n) is 3.96. The zero-order valence-electron chi connectivity index (χ0n) is 13.4. The summed E-state index contributed by atoms with van der Waals surface area (Å²) >= 11 is 0. The van der Waals surface area contributed by atoms with E-state index in [1.165, 1.54) is 26.4 Å². The van der Waals surface area contributed by atoms with Crippen molar-refractivity contribution < 1.29 is 24.0 Å². The largest absolute Gasteiger partial charge is 0.468 e. The van der Waals surface area contributed by atoms with Crippen molar-refractivity contribution in [1.82, 2.24) is 0 Å². The minimum Gasteiger partial charge on any atom is -0.468 e. The summed E-state index contributed by atoms with van der Waals surface area (Å²) in [5.74, 6) is -1.24. The number of allylic oxidation sites excluding steroid dienone is 3. The van der Waals surface area contributed by atoms with Crippen molar-refractivity contribution >= 4 is 23.7 Å². The first kappa shape index (κ1) is 17.4. The highest BCUT2D eigenvalue weighted by atomic mass is 16.6. The van der Waals surface area contributed by atoms with Crippen molar-refractivity contribution in [3.05, 3.63) is 57.7 Å². The second kappa shape index (κ2) is 7.08. The van der Waals surface area contributed by atoms with Crippen LogP contribution >= 0.6 is 0 Å². The number of hydrogen-bond acceptors (Lipinski definition) is 6. The third kappa shape index (κ3) is 3.34. The predicted molar refractivity (Wildman–Crippen MR) is 85.9 cm³/mol. The topological polar surface area (TPSA) is 95.7 Å². The van der Waals surface area contributed by atoms with E-state index in [1.54, 1.807) is 30.4 Å². The molecule has 7 nitrogen and oxygen atoms in total. The Hall–Kier alpha value is -2.96. The molecule has 0 saturated heterocycles. The van der Waals surface area contributed by atoms with Gasteiger partial charge in [-0.05, 0) is 30.5 Å². The molecule has 1 aliphatic rings. The minimum atomic E-state index is -1.33. The summed E-state index contributed by atoms with van der Waals surface area (Å²) in [5, 5.41) is 10.6. The fourth-order valence-corrected chi connectivity index (χ4v) is 2.62. The van der Waals surface area contributed by atoms with Crippen LogP contribution < -0.4 is 0 Å². The van der Waals surface area contributed by atoms with E-state index in [-0.39, 0.29) is 18.5 Å². The highest BCUT2D eigenvalue weighted by Gasteiger charge is 2.50. The molecule has 1 aliphatic carbocycles. The molecule has 0 heterocycles. The van der Waals surface area contributed by atoms with E-state index >= 15 is 0 Å². The predicted octanol–water partition coefficient (Wildman–Crippen LogP) is 2.66. The Morgan fingerprint density at radius 3 is 2.21 bits per heavy atom. The van der Waals surface area contributed by atoms with Crippen LogP contribution in [0.15, 0.2) is 42.0 Å². The molecule has 2 rings (SSSR count). The molecule has 0 spiro atoms. The number of rotatable bonds is 5. The number of hydrogen-bond donors (Lipinski definition) is 0. The van der Waals surface area contributed by atoms with Crippen LogP contribution in [-0.4, -0.2) is 31.1 Å². The molecule has 0 unspecified atom stereocenters. The van der Waals surface area contributed by atoms with E-state index in [4.69, 9.17) is 9.47 Å². The Morgan fingerprint density at radius 1 is 1.12 bits per heavy atom. The van der Waals surface area contributed by atoms with E-state index in [9.17, 15) is 19.7 Å². The van der Waals surface area contributed by atoms with Gasteiger partial charge in [0, 0.05) is 12.1 Å². The Kier molecular flexibility index (Phi) is 5.13. The van der Waals surface area contributed by atoms with Gasteiger partial charge in [0.15, 0.2) is 5.41 Å². The summed E-state index contributed by atoms with van der Waals surface area (Å²) in [5.41, 5.74) is 0.250. The molecule has 0 atom stereocenters. The third-order valence-corrected chi connectivity index (χ3v) is 3.96. The van der Waals surface area contributed by atoms with Gasteiger partial charge in [-0.15, -0.1) is 0 Å². The van der Waals surface area contributed by atoms with E-state index in [1.807, 2.05) is 0 Å². The van der Waals surface area contributed by atoms with Crippen molar-refractivity contribution in [3.63, 3.8) is 0 Å². The Labute approximate surface area is 138 Å². The van der Waals surface area contributed by atoms with Crippen LogP contribution in [0, 0.1) is 15.5 Å². The lowest BCUT2D eigenvalue weighted by atomic mass is 9.84. The van der Waals surface area contributed by atoms with Crippen molar-refractivity contribution in [2.45, 2.75) is 12.8 Å². The fraction of sp³-hybridized carbons (Fsp3) is 0.294. The first-order valence-electron chi connectivity index (χ1n) is 7.21. The number of benzene rings is 1. The van der Waals surface area contributed by atoms with Crippen LogP contribution in [0.3, 0.4) is 0 Å². The number of nitrogens with zero attached hydrogens (tertiary/aromatic N) is 1. The minimum absolute atomic E-state index is 0.0163. The molecular formula is C17H17NO6. The molecule has 1 aromatic rings. The maximum atomic E-state index is 12.0. The van der Waals surface area contributed by atoms with Gasteiger partial charge in [-0.1, -0.05) is 23.8 Å². The number of esters is 2. The van der Waals surface area contributed by atoms with Gasteiger partial charge in [-0.3, -0.25) is 19.7 Å². The van der Waals surface area contributed by atoms with E-state index in [2.05, 4.69) is 0 Å². The maximum Gasteiger partial charge on any atom is 0.323 e. The van der Waals surface area contributed by atoms with Gasteiger partial charge in [0.05, 0.1) is 19.1 Å². The van der Waals surface area contributed by atoms with E-state index in [0.29, 0.717) is 0 Å². The standard InChI is InChI=1S/C17H17NO6/c1-23-15(19)17(16(20)24-2)10-9-13(11-17)4-3-12-5-7-14(8-6-12)18(21)22/h3-9H,10-11H2,1-2H3/b4-3+. The van der Waals surface area contributed by atoms with Gasteiger partial charge >= 0.3 is 11.9 Å². The second-order valence-electron chi connectivity index (χ2n) is 5.41. The lowest BCUT2D eigenvalue weighted by molar-refractivity contribution is -0.384. The normalized spacial score (nSPS) is 15.8. The smallest absolute Gasteiger partial charge is 0.323 e. The van der Waals surface area contributed by atoms with Gasteiger partial charge in [0.25, 0.3) is 5.69 Å². The van der Waals surface area contributed by atoms with E-state index in [0.717, 1.165) is 11.1 Å². The molecule has 0 aliphatic heterocycles. The van der Waals surface area contributed by atoms with Crippen LogP contribution in [0.25, 0.3) is 6.08 Å². The zero-order chi connectivity index (χ0) is 17.7. The molecule has 24 heavy (non-hydrogen) atoms. The van der Waals surface area contributed by atoms with Crippen LogP contribution in [0.4, 0.5) is 5.69 Å². The van der Waals surface area contributed by atoms with Crippen LogP contribution in [0.5, 0.6) is 0 Å². The summed E-state index contributed by atoms with van der Waals surface area (Å²) in [6.45, 7) is 0. The second-order valence-corrected chi connectivity index (χ2v) is 5.41. The average molecular weight is 331 g/mol. The zero-order valence-corrected chi connectivity index (χ0v) is 13.4. The van der Waals surface area contributed by atoms with Gasteiger partial charge in [-0.25, -0.2) is 0 Å². The molecule has 7 heteroatoms. The number of non-ortho nitro benzene ring substituents is 1. The van der Waals surface area contributed by atoms with Crippen LogP contribution in [-0.2, 0) is 19.1 Å². The summed E-state index contributed by atoms with van der Waals surface area (Å²) in [4.78, 5) is 34.2. The SMILES string of the molecule is COC(=O)C1(C(=O)OC)CC=C(/C=C/c2ccc([N+](=O)[O-])cc2)C1. The molecule has 0 saturated carbocycles. The number of carbonyl (C=O) groups is 2. The number of nitro benzene ring substituents is 1. The molecular weight excluding hydrogens is 314 g/mol. The molecule has 0 aromatic heterocycles. The molecule has 1 aromatic carbocycles. The lowest BCUT2D eigenvalue weighted by Gasteiger charge is -2.22. The molecule has 126 valence electrons. The molecule has 0 amide bonds. The van der Waals surface area contributed by atoms with Crippen molar-refractivity contribution in [2.75, 3.05) is 14.2 Å². The van der Waals surface area contributed by atoms with Crippen LogP contribution in [0.2, 0.25) is 0 Å². The highest BCUT2D eigenvalue weighted by molar-refractivity contribution is 6.01. The average Bonchev–Trinajstić information content (AvgIpc) is 3.04. The van der Waals surface area contributed by atoms with Gasteiger partial charge in [0.1, 0.15) is 0 Å². The van der Waals surface area contributed by atoms with Crippen molar-refractivity contribution in [1.29, 1.82) is 0 Å². The summed E-state index contributed by atoms with van der Waals surface area (Å²) in [6, 6.07) is 6.07. The summed E-state index contributed by atoms with van der Waals surface area (Å²) in [7, 11) is 2.47. The van der Waals surface area contributed by atoms with Gasteiger partial charge in [-0.2, -0.15) is 0 Å². The molecule has 0 fully saturated rings. The lowest BCUT2D eigenvalue weighted by Crippen LogP contribution is -2.39. The quantitative estimate of drug-likeness (QED) is 0.356. The fourth-order valence-electron chi connectivity index (χ4n) is 2.62. The first-order chi connectivity index (χ1) is 11.4. The Morgan fingerprint density at radius 2 is 1.71 bits per heavy atom. The number of carbonyl (C=O) groups excluding carboxylic acids is 2. The number of methoxy groups -OCH3 is 2. The Balaban J connectivity index is 2.13. The van der Waals surface area contributed by atoms with Crippen molar-refractivity contribution in [3.8, 4) is 0 Å². The number of ether oxygens (including phenoxy) is 2. The summed E-state index contributed by atoms with van der Waals surface area (Å²) < 4.78 is 9.49. The maximum absolute atomic E-state index is 12.0. The Bertz CT molecular complexity index is 701. The van der Waals surface area contributed by atoms with Crippen molar-refractivity contribution in [2.24, 2.45) is 5.41 Å². The van der Waals surface area contributed by atoms with Gasteiger partial charge in [0.2, 0.25) is 0 Å². The van der Waals surface area contributed by atoms with Gasteiger partial charge < -0.3 is 9.47 Å². The molecule has 0 N–H and O–H groups in total. The highest BCUT2D eigenvalue weighted by Crippen LogP contribution is 2.40. The monoisotopic (exact) mass is 331 g/mol. The van der Waals surface area contributed by atoms with E-state index < -0.39 is 22.3 Å². The summed E-state index contributed by atoms with van der Waals surface area (Å²) in [6.07, 6.45) is 5.73. The van der Waals surface area contributed by atoms with Crippen LogP contribution in [0.1, 0.15) is 18.4 Å². The molecule has 0 bridgehead atoms.